The molecule has 5 nitrogen and oxygen atoms in total. The summed E-state index contributed by atoms with van der Waals surface area (Å²) in [5, 5.41) is 8.54. The summed E-state index contributed by atoms with van der Waals surface area (Å²) in [6.07, 6.45) is 4.67. The number of rotatable bonds is 3. The van der Waals surface area contributed by atoms with Crippen LogP contribution in [0.5, 0.6) is 0 Å². The molecule has 1 aliphatic rings. The second kappa shape index (κ2) is 3.84. The van der Waals surface area contributed by atoms with Crippen LogP contribution in [0.4, 0.5) is 0 Å². The molecule has 1 aliphatic carbocycles. The standard InChI is InChI=1S/C10H12N2O3/c13-9-4-8(7-2-1-3-7)11-6-12(9)5-10(14)15/h4,6-7H,1-3,5H2,(H,14,15). The molecule has 1 N–H and O–H groups in total. The molecule has 0 unspecified atom stereocenters. The number of nitrogens with zero attached hydrogens (tertiary/aromatic N) is 2. The van der Waals surface area contributed by atoms with E-state index in [4.69, 9.17) is 5.11 Å². The predicted molar refractivity (Wildman–Crippen MR) is 52.7 cm³/mol. The molecule has 80 valence electrons. The van der Waals surface area contributed by atoms with Gasteiger partial charge in [-0.2, -0.15) is 0 Å². The van der Waals surface area contributed by atoms with E-state index in [1.54, 1.807) is 0 Å². The zero-order valence-corrected chi connectivity index (χ0v) is 8.22. The zero-order chi connectivity index (χ0) is 10.8. The average Bonchev–Trinajstić information content (AvgIpc) is 2.06. The van der Waals surface area contributed by atoms with Crippen molar-refractivity contribution in [2.75, 3.05) is 0 Å². The normalized spacial score (nSPS) is 16.0. The minimum Gasteiger partial charge on any atom is -0.480 e. The Morgan fingerprint density at radius 1 is 1.60 bits per heavy atom. The molecule has 0 radical (unpaired) electrons. The van der Waals surface area contributed by atoms with Crippen LogP contribution in [0.2, 0.25) is 0 Å². The third-order valence-corrected chi connectivity index (χ3v) is 2.73. The maximum atomic E-state index is 11.5. The van der Waals surface area contributed by atoms with E-state index in [0.29, 0.717) is 5.92 Å². The fraction of sp³-hybridized carbons (Fsp3) is 0.500. The molecule has 15 heavy (non-hydrogen) atoms. The number of carbonyl (C=O) groups is 1. The number of aliphatic carboxylic acids is 1. The van der Waals surface area contributed by atoms with Crippen molar-refractivity contribution in [1.29, 1.82) is 0 Å². The molecule has 2 rings (SSSR count). The van der Waals surface area contributed by atoms with E-state index in [2.05, 4.69) is 4.98 Å². The van der Waals surface area contributed by atoms with Crippen molar-refractivity contribution in [2.45, 2.75) is 31.7 Å². The van der Waals surface area contributed by atoms with E-state index in [1.807, 2.05) is 0 Å². The van der Waals surface area contributed by atoms with Crippen LogP contribution in [0.1, 0.15) is 30.9 Å². The molecule has 0 atom stereocenters. The SMILES string of the molecule is O=C(O)Cn1cnc(C2CCC2)cc1=O. The van der Waals surface area contributed by atoms with Crippen molar-refractivity contribution in [3.8, 4) is 0 Å². The van der Waals surface area contributed by atoms with Crippen LogP contribution in [0.3, 0.4) is 0 Å². The summed E-state index contributed by atoms with van der Waals surface area (Å²) >= 11 is 0. The lowest BCUT2D eigenvalue weighted by molar-refractivity contribution is -0.137. The lowest BCUT2D eigenvalue weighted by Crippen LogP contribution is -2.25. The first-order chi connectivity index (χ1) is 7.16. The molecule has 5 heteroatoms. The van der Waals surface area contributed by atoms with Crippen LogP contribution >= 0.6 is 0 Å². The van der Waals surface area contributed by atoms with Gasteiger partial charge in [0.2, 0.25) is 0 Å². The van der Waals surface area contributed by atoms with Gasteiger partial charge in [0, 0.05) is 12.0 Å². The summed E-state index contributed by atoms with van der Waals surface area (Å²) in [4.78, 5) is 26.0. The van der Waals surface area contributed by atoms with Crippen molar-refractivity contribution in [3.05, 3.63) is 28.4 Å². The Hall–Kier alpha value is -1.65. The molecule has 1 saturated carbocycles. The van der Waals surface area contributed by atoms with Gasteiger partial charge in [0.25, 0.3) is 5.56 Å². The molecule has 1 heterocycles. The van der Waals surface area contributed by atoms with E-state index >= 15 is 0 Å². The molecule has 0 aliphatic heterocycles. The van der Waals surface area contributed by atoms with Gasteiger partial charge in [-0.3, -0.25) is 14.2 Å². The van der Waals surface area contributed by atoms with Crippen LogP contribution in [0.15, 0.2) is 17.2 Å². The Balaban J connectivity index is 2.22. The third kappa shape index (κ3) is 2.06. The first kappa shape index (κ1) is 9.89. The van der Waals surface area contributed by atoms with Gasteiger partial charge in [-0.15, -0.1) is 0 Å². The highest BCUT2D eigenvalue weighted by Crippen LogP contribution is 2.34. The molecular formula is C10H12N2O3. The van der Waals surface area contributed by atoms with Crippen molar-refractivity contribution >= 4 is 5.97 Å². The first-order valence-corrected chi connectivity index (χ1v) is 4.95. The van der Waals surface area contributed by atoms with Gasteiger partial charge < -0.3 is 5.11 Å². The van der Waals surface area contributed by atoms with E-state index < -0.39 is 5.97 Å². The van der Waals surface area contributed by atoms with E-state index in [1.165, 1.54) is 18.8 Å². The average molecular weight is 208 g/mol. The van der Waals surface area contributed by atoms with Crippen LogP contribution in [-0.2, 0) is 11.3 Å². The minimum absolute atomic E-state index is 0.283. The summed E-state index contributed by atoms with van der Waals surface area (Å²) in [5.41, 5.74) is 0.516. The van der Waals surface area contributed by atoms with Gasteiger partial charge in [0.05, 0.1) is 12.0 Å². The first-order valence-electron chi connectivity index (χ1n) is 4.95. The minimum atomic E-state index is -1.03. The molecule has 1 fully saturated rings. The van der Waals surface area contributed by atoms with Gasteiger partial charge in [-0.05, 0) is 12.8 Å². The van der Waals surface area contributed by atoms with E-state index in [9.17, 15) is 9.59 Å². The molecule has 0 bridgehead atoms. The Labute approximate surface area is 86.4 Å². The zero-order valence-electron chi connectivity index (χ0n) is 8.22. The highest BCUT2D eigenvalue weighted by molar-refractivity contribution is 5.66. The largest absolute Gasteiger partial charge is 0.480 e. The van der Waals surface area contributed by atoms with Crippen LogP contribution in [0.25, 0.3) is 0 Å². The van der Waals surface area contributed by atoms with E-state index in [0.717, 1.165) is 23.1 Å². The number of carboxylic acid groups (broad SMARTS) is 1. The topological polar surface area (TPSA) is 72.2 Å². The van der Waals surface area contributed by atoms with Crippen LogP contribution < -0.4 is 5.56 Å². The van der Waals surface area contributed by atoms with Gasteiger partial charge >= 0.3 is 5.97 Å². The monoisotopic (exact) mass is 208 g/mol. The molecule has 0 aromatic carbocycles. The van der Waals surface area contributed by atoms with E-state index in [-0.39, 0.29) is 12.1 Å². The summed E-state index contributed by atoms with van der Waals surface area (Å²) in [6.45, 7) is -0.323. The Bertz CT molecular complexity index is 435. The highest BCUT2D eigenvalue weighted by Gasteiger charge is 2.21. The number of carboxylic acids is 1. The summed E-state index contributed by atoms with van der Waals surface area (Å²) in [5.74, 6) is -0.632. The van der Waals surface area contributed by atoms with Gasteiger partial charge in [0.1, 0.15) is 6.54 Å². The van der Waals surface area contributed by atoms with Gasteiger partial charge in [-0.1, -0.05) is 6.42 Å². The Morgan fingerprint density at radius 2 is 2.33 bits per heavy atom. The maximum absolute atomic E-state index is 11.5. The molecule has 0 spiro atoms. The van der Waals surface area contributed by atoms with Gasteiger partial charge in [-0.25, -0.2) is 4.98 Å². The Kier molecular flexibility index (Phi) is 2.53. The number of hydrogen-bond donors (Lipinski definition) is 1. The van der Waals surface area contributed by atoms with Crippen molar-refractivity contribution in [3.63, 3.8) is 0 Å². The molecule has 0 amide bonds. The van der Waals surface area contributed by atoms with Crippen molar-refractivity contribution in [1.82, 2.24) is 9.55 Å². The number of hydrogen-bond acceptors (Lipinski definition) is 3. The van der Waals surface area contributed by atoms with Crippen molar-refractivity contribution < 1.29 is 9.90 Å². The second-order valence-electron chi connectivity index (χ2n) is 3.80. The lowest BCUT2D eigenvalue weighted by atomic mass is 9.83. The smallest absolute Gasteiger partial charge is 0.323 e. The van der Waals surface area contributed by atoms with Gasteiger partial charge in [0.15, 0.2) is 0 Å². The van der Waals surface area contributed by atoms with Crippen LogP contribution in [0, 0.1) is 0 Å². The summed E-state index contributed by atoms with van der Waals surface area (Å²) in [6, 6.07) is 1.45. The van der Waals surface area contributed by atoms with Crippen LogP contribution in [-0.4, -0.2) is 20.6 Å². The molecule has 1 aromatic heterocycles. The third-order valence-electron chi connectivity index (χ3n) is 2.73. The highest BCUT2D eigenvalue weighted by atomic mass is 16.4. The maximum Gasteiger partial charge on any atom is 0.323 e. The lowest BCUT2D eigenvalue weighted by Gasteiger charge is -2.24. The Morgan fingerprint density at radius 3 is 2.80 bits per heavy atom. The molecule has 0 saturated heterocycles. The number of aromatic nitrogens is 2. The second-order valence-corrected chi connectivity index (χ2v) is 3.80. The summed E-state index contributed by atoms with van der Waals surface area (Å²) in [7, 11) is 0. The fourth-order valence-corrected chi connectivity index (χ4v) is 1.63. The molecular weight excluding hydrogens is 196 g/mol. The van der Waals surface area contributed by atoms with Crippen molar-refractivity contribution in [2.24, 2.45) is 0 Å². The predicted octanol–water partition coefficient (Wildman–Crippen LogP) is 0.595. The quantitative estimate of drug-likeness (QED) is 0.789. The summed E-state index contributed by atoms with van der Waals surface area (Å²) < 4.78 is 1.10. The molecule has 1 aromatic rings. The fourth-order valence-electron chi connectivity index (χ4n) is 1.63.